The minimum absolute atomic E-state index is 0.0924. The van der Waals surface area contributed by atoms with E-state index < -0.39 is 0 Å². The van der Waals surface area contributed by atoms with E-state index in [0.29, 0.717) is 35.8 Å². The second-order valence-electron chi connectivity index (χ2n) is 16.2. The minimum Gasteiger partial charge on any atom is -0.344 e. The summed E-state index contributed by atoms with van der Waals surface area (Å²) in [5.41, 5.74) is 9.09. The highest BCUT2D eigenvalue weighted by Gasteiger charge is 2.30. The summed E-state index contributed by atoms with van der Waals surface area (Å²) < 4.78 is 7.48. The number of benzene rings is 2. The van der Waals surface area contributed by atoms with Crippen molar-refractivity contribution < 1.29 is 0 Å². The molecule has 0 amide bonds. The van der Waals surface area contributed by atoms with E-state index in [1.807, 2.05) is 12.4 Å². The molecule has 288 valence electrons. The fourth-order valence-corrected chi connectivity index (χ4v) is 9.40. The molecule has 4 aliphatic carbocycles. The van der Waals surface area contributed by atoms with E-state index in [1.165, 1.54) is 68.0 Å². The molecule has 0 aliphatic heterocycles. The third-order valence-electron chi connectivity index (χ3n) is 12.6. The van der Waals surface area contributed by atoms with Gasteiger partial charge >= 0.3 is 0 Å². The van der Waals surface area contributed by atoms with Gasteiger partial charge in [0, 0.05) is 82.2 Å². The molecule has 2 saturated carbocycles. The van der Waals surface area contributed by atoms with E-state index >= 15 is 0 Å². The molecular weight excluding hydrogens is 725 g/mol. The first-order valence-corrected chi connectivity index (χ1v) is 20.5. The van der Waals surface area contributed by atoms with Crippen molar-refractivity contribution in [2.45, 2.75) is 88.1 Å². The highest BCUT2D eigenvalue weighted by Crippen LogP contribution is 2.42. The lowest BCUT2D eigenvalue weighted by Gasteiger charge is -2.25. The normalized spacial score (nSPS) is 18.7. The molecule has 58 heavy (non-hydrogen) atoms. The van der Waals surface area contributed by atoms with Crippen molar-refractivity contribution in [3.05, 3.63) is 164 Å². The van der Waals surface area contributed by atoms with Crippen molar-refractivity contribution in [1.29, 1.82) is 0 Å². The first kappa shape index (κ1) is 34.7. The first-order valence-electron chi connectivity index (χ1n) is 20.5. The molecule has 2 atom stereocenters. The lowest BCUT2D eigenvalue weighted by molar-refractivity contribution is 0.568. The Balaban J connectivity index is 0.000000133. The van der Waals surface area contributed by atoms with Crippen molar-refractivity contribution in [3.63, 3.8) is 0 Å². The first-order chi connectivity index (χ1) is 28.6. The average Bonchev–Trinajstić information content (AvgIpc) is 4.22. The number of rotatable bonds is 6. The maximum Gasteiger partial charge on any atom is 0.277 e. The third kappa shape index (κ3) is 6.14. The molecule has 0 spiro atoms. The largest absolute Gasteiger partial charge is 0.344 e. The minimum atomic E-state index is -0.0924. The molecule has 0 radical (unpaired) electrons. The summed E-state index contributed by atoms with van der Waals surface area (Å²) in [6.45, 7) is 0. The van der Waals surface area contributed by atoms with Crippen LogP contribution in [0.5, 0.6) is 0 Å². The van der Waals surface area contributed by atoms with Gasteiger partial charge in [0.2, 0.25) is 0 Å². The Labute approximate surface area is 333 Å². The summed E-state index contributed by atoms with van der Waals surface area (Å²) in [4.78, 5) is 42.6. The molecule has 0 N–H and O–H groups in total. The SMILES string of the molecule is O=c1c2c(cnn1-c1ncccn1)CC(c1cccc3c1ccn3C1CC1)CC2.O=c1c2c(cnn1-c1ncccn1)CC(c1cccc3c1ccn3C1CC1)CC2. The summed E-state index contributed by atoms with van der Waals surface area (Å²) in [5, 5.41) is 11.4. The van der Waals surface area contributed by atoms with Crippen molar-refractivity contribution in [2.24, 2.45) is 0 Å². The highest BCUT2D eigenvalue weighted by molar-refractivity contribution is 5.85. The molecule has 4 aliphatic rings. The maximum atomic E-state index is 13.0. The standard InChI is InChI=1S/2C23H21N5O/c2*29-22-19-8-5-15(13-16(19)14-26-28(22)23-24-10-2-11-25-23)18-3-1-4-21-20(18)9-12-27(21)17-6-7-17/h2*1-4,9-12,14-15,17H,5-8,13H2. The molecule has 2 fully saturated rings. The van der Waals surface area contributed by atoms with E-state index in [-0.39, 0.29) is 11.1 Å². The van der Waals surface area contributed by atoms with E-state index in [4.69, 9.17) is 0 Å². The Hall–Kier alpha value is -6.56. The molecule has 6 heterocycles. The predicted molar refractivity (Wildman–Crippen MR) is 221 cm³/mol. The van der Waals surface area contributed by atoms with Crippen LogP contribution < -0.4 is 11.1 Å². The molecule has 2 unspecified atom stereocenters. The molecule has 12 heteroatoms. The Morgan fingerprint density at radius 2 is 0.931 bits per heavy atom. The van der Waals surface area contributed by atoms with Gasteiger partial charge in [-0.05, 0) is 135 Å². The number of aromatic nitrogens is 10. The molecule has 2 aromatic carbocycles. The van der Waals surface area contributed by atoms with E-state index in [9.17, 15) is 9.59 Å². The van der Waals surface area contributed by atoms with Gasteiger partial charge in [-0.2, -0.15) is 19.6 Å². The van der Waals surface area contributed by atoms with Crippen molar-refractivity contribution in [1.82, 2.24) is 48.6 Å². The van der Waals surface area contributed by atoms with Crippen molar-refractivity contribution in [3.8, 4) is 11.9 Å². The number of hydrogen-bond donors (Lipinski definition) is 0. The number of fused-ring (bicyclic) bond motifs is 4. The zero-order chi connectivity index (χ0) is 38.7. The van der Waals surface area contributed by atoms with Gasteiger partial charge in [-0.1, -0.05) is 24.3 Å². The maximum absolute atomic E-state index is 13.0. The fraction of sp³-hybridized carbons (Fsp3) is 0.304. The van der Waals surface area contributed by atoms with Crippen LogP contribution in [0.25, 0.3) is 33.7 Å². The van der Waals surface area contributed by atoms with Gasteiger partial charge < -0.3 is 9.13 Å². The van der Waals surface area contributed by atoms with Gasteiger partial charge in [-0.3, -0.25) is 9.59 Å². The second-order valence-corrected chi connectivity index (χ2v) is 16.2. The van der Waals surface area contributed by atoms with Gasteiger partial charge in [0.25, 0.3) is 23.0 Å². The molecule has 12 nitrogen and oxygen atoms in total. The average molecular weight is 767 g/mol. The number of nitrogens with zero attached hydrogens (tertiary/aromatic N) is 10. The highest BCUT2D eigenvalue weighted by atomic mass is 16.1. The van der Waals surface area contributed by atoms with Crippen LogP contribution in [0.2, 0.25) is 0 Å². The summed E-state index contributed by atoms with van der Waals surface area (Å²) in [6.07, 6.45) is 24.9. The van der Waals surface area contributed by atoms with E-state index in [1.54, 1.807) is 36.9 Å². The van der Waals surface area contributed by atoms with Crippen LogP contribution in [0.3, 0.4) is 0 Å². The smallest absolute Gasteiger partial charge is 0.277 e. The Morgan fingerprint density at radius 1 is 0.500 bits per heavy atom. The van der Waals surface area contributed by atoms with E-state index in [2.05, 4.69) is 100 Å². The Morgan fingerprint density at radius 3 is 1.34 bits per heavy atom. The van der Waals surface area contributed by atoms with Gasteiger partial charge in [0.05, 0.1) is 12.4 Å². The van der Waals surface area contributed by atoms with Crippen molar-refractivity contribution in [2.75, 3.05) is 0 Å². The molecule has 6 aromatic heterocycles. The fourth-order valence-electron chi connectivity index (χ4n) is 9.40. The zero-order valence-electron chi connectivity index (χ0n) is 32.1. The Kier molecular flexibility index (Phi) is 8.44. The van der Waals surface area contributed by atoms with Crippen LogP contribution in [0.15, 0.2) is 120 Å². The topological polar surface area (TPSA) is 131 Å². The summed E-state index contributed by atoms with van der Waals surface area (Å²) in [7, 11) is 0. The van der Waals surface area contributed by atoms with Crippen LogP contribution in [0.4, 0.5) is 0 Å². The van der Waals surface area contributed by atoms with Crippen molar-refractivity contribution >= 4 is 21.8 Å². The number of hydrogen-bond acceptors (Lipinski definition) is 8. The zero-order valence-corrected chi connectivity index (χ0v) is 32.1. The quantitative estimate of drug-likeness (QED) is 0.174. The van der Waals surface area contributed by atoms with Gasteiger partial charge in [0.1, 0.15) is 0 Å². The molecular formula is C46H42N10O2. The van der Waals surface area contributed by atoms with Gasteiger partial charge in [-0.15, -0.1) is 0 Å². The molecule has 0 saturated heterocycles. The van der Waals surface area contributed by atoms with Gasteiger partial charge in [-0.25, -0.2) is 19.9 Å². The van der Waals surface area contributed by atoms with Crippen LogP contribution in [0, 0.1) is 0 Å². The van der Waals surface area contributed by atoms with Gasteiger partial charge in [0.15, 0.2) is 0 Å². The third-order valence-corrected chi connectivity index (χ3v) is 12.6. The van der Waals surface area contributed by atoms with Crippen LogP contribution >= 0.6 is 0 Å². The Bertz CT molecular complexity index is 2740. The predicted octanol–water partition coefficient (Wildman–Crippen LogP) is 7.17. The van der Waals surface area contributed by atoms with Crippen LogP contribution in [-0.2, 0) is 25.7 Å². The molecule has 12 rings (SSSR count). The molecule has 0 bridgehead atoms. The van der Waals surface area contributed by atoms with Crippen LogP contribution in [-0.4, -0.2) is 48.6 Å². The van der Waals surface area contributed by atoms with Crippen LogP contribution in [0.1, 0.15) is 95.8 Å². The lowest BCUT2D eigenvalue weighted by Crippen LogP contribution is -2.30. The lowest BCUT2D eigenvalue weighted by atomic mass is 9.80. The monoisotopic (exact) mass is 766 g/mol. The molecule has 8 aromatic rings. The summed E-state index contributed by atoms with van der Waals surface area (Å²) in [6, 6.07) is 22.7. The van der Waals surface area contributed by atoms with E-state index in [0.717, 1.165) is 60.8 Å². The second kappa shape index (κ2) is 14.1. The summed E-state index contributed by atoms with van der Waals surface area (Å²) in [5.74, 6) is 1.47. The summed E-state index contributed by atoms with van der Waals surface area (Å²) >= 11 is 0.